The molecule has 15 heavy (non-hydrogen) atoms. The Labute approximate surface area is 97.9 Å². The number of thiophene rings is 1. The van der Waals surface area contributed by atoms with Crippen molar-refractivity contribution >= 4 is 11.3 Å². The Morgan fingerprint density at radius 3 is 2.47 bits per heavy atom. The molecule has 1 nitrogen and oxygen atoms in total. The molecule has 1 N–H and O–H groups in total. The highest BCUT2D eigenvalue weighted by molar-refractivity contribution is 7.12. The third-order valence-corrected chi connectivity index (χ3v) is 3.93. The molecule has 0 amide bonds. The van der Waals surface area contributed by atoms with Gasteiger partial charge in [0.05, 0.1) is 0 Å². The molecule has 1 atom stereocenters. The van der Waals surface area contributed by atoms with Crippen LogP contribution in [-0.4, -0.2) is 6.54 Å². The quantitative estimate of drug-likeness (QED) is 0.771. The summed E-state index contributed by atoms with van der Waals surface area (Å²) in [6, 6.07) is 5.09. The van der Waals surface area contributed by atoms with Crippen LogP contribution >= 0.6 is 11.3 Å². The highest BCUT2D eigenvalue weighted by Gasteiger charge is 2.16. The summed E-state index contributed by atoms with van der Waals surface area (Å²) in [5.41, 5.74) is 0. The molecular weight excluding hydrogens is 202 g/mol. The third kappa shape index (κ3) is 3.62. The summed E-state index contributed by atoms with van der Waals surface area (Å²) < 4.78 is 0. The van der Waals surface area contributed by atoms with E-state index in [2.05, 4.69) is 45.1 Å². The molecule has 1 rings (SSSR count). The predicted octanol–water partition coefficient (Wildman–Crippen LogP) is 4.01. The maximum atomic E-state index is 3.63. The van der Waals surface area contributed by atoms with Crippen molar-refractivity contribution in [1.82, 2.24) is 5.32 Å². The fourth-order valence-electron chi connectivity index (χ4n) is 1.72. The first-order valence-corrected chi connectivity index (χ1v) is 6.82. The van der Waals surface area contributed by atoms with E-state index in [0.29, 0.717) is 12.0 Å². The van der Waals surface area contributed by atoms with E-state index < -0.39 is 0 Å². The summed E-state index contributed by atoms with van der Waals surface area (Å²) in [6.45, 7) is 10.1. The molecule has 0 bridgehead atoms. The van der Waals surface area contributed by atoms with Gasteiger partial charge in [0.25, 0.3) is 0 Å². The highest BCUT2D eigenvalue weighted by Crippen LogP contribution is 2.28. The van der Waals surface area contributed by atoms with Crippen molar-refractivity contribution in [3.05, 3.63) is 21.9 Å². The fourth-order valence-corrected chi connectivity index (χ4v) is 2.92. The number of rotatable bonds is 6. The summed E-state index contributed by atoms with van der Waals surface area (Å²) in [5.74, 6) is 0.667. The van der Waals surface area contributed by atoms with E-state index in [1.165, 1.54) is 16.2 Å². The highest BCUT2D eigenvalue weighted by atomic mass is 32.1. The Kier molecular flexibility index (Phi) is 5.34. The Morgan fingerprint density at radius 1 is 1.27 bits per heavy atom. The van der Waals surface area contributed by atoms with Crippen LogP contribution in [0.4, 0.5) is 0 Å². The van der Waals surface area contributed by atoms with Crippen LogP contribution in [0.2, 0.25) is 0 Å². The minimum Gasteiger partial charge on any atom is -0.309 e. The molecule has 0 spiro atoms. The van der Waals surface area contributed by atoms with Crippen molar-refractivity contribution in [3.8, 4) is 0 Å². The van der Waals surface area contributed by atoms with Crippen LogP contribution in [0.3, 0.4) is 0 Å². The standard InChI is InChI=1S/C13H23NS/c1-5-9-14-13(10(3)4)12-8-7-11(6-2)15-12/h7-8,10,13-14H,5-6,9H2,1-4H3. The van der Waals surface area contributed by atoms with E-state index in [9.17, 15) is 0 Å². The molecule has 1 unspecified atom stereocenters. The molecule has 0 radical (unpaired) electrons. The monoisotopic (exact) mass is 225 g/mol. The third-order valence-electron chi connectivity index (χ3n) is 2.62. The average molecular weight is 225 g/mol. The summed E-state index contributed by atoms with van der Waals surface area (Å²) >= 11 is 1.96. The lowest BCUT2D eigenvalue weighted by Crippen LogP contribution is -2.25. The summed E-state index contributed by atoms with van der Waals surface area (Å²) in [6.07, 6.45) is 2.36. The summed E-state index contributed by atoms with van der Waals surface area (Å²) in [7, 11) is 0. The van der Waals surface area contributed by atoms with E-state index in [0.717, 1.165) is 13.0 Å². The molecule has 0 aliphatic rings. The van der Waals surface area contributed by atoms with Crippen molar-refractivity contribution in [2.24, 2.45) is 5.92 Å². The van der Waals surface area contributed by atoms with E-state index >= 15 is 0 Å². The first-order chi connectivity index (χ1) is 7.19. The molecule has 0 aliphatic heterocycles. The lowest BCUT2D eigenvalue weighted by atomic mass is 10.0. The molecule has 1 aromatic rings. The zero-order valence-corrected chi connectivity index (χ0v) is 11.2. The van der Waals surface area contributed by atoms with Crippen LogP contribution in [-0.2, 0) is 6.42 Å². The number of nitrogens with one attached hydrogen (secondary N) is 1. The fraction of sp³-hybridized carbons (Fsp3) is 0.692. The Morgan fingerprint density at radius 2 is 2.00 bits per heavy atom. The molecule has 0 saturated heterocycles. The molecule has 0 fully saturated rings. The summed E-state index contributed by atoms with van der Waals surface area (Å²) in [5, 5.41) is 3.63. The Hall–Kier alpha value is -0.340. The second-order valence-electron chi connectivity index (χ2n) is 4.33. The van der Waals surface area contributed by atoms with Gasteiger partial charge in [0.1, 0.15) is 0 Å². The van der Waals surface area contributed by atoms with E-state index in [4.69, 9.17) is 0 Å². The van der Waals surface area contributed by atoms with Gasteiger partial charge >= 0.3 is 0 Å². The molecule has 0 saturated carbocycles. The van der Waals surface area contributed by atoms with Crippen molar-refractivity contribution in [3.63, 3.8) is 0 Å². The topological polar surface area (TPSA) is 12.0 Å². The number of hydrogen-bond acceptors (Lipinski definition) is 2. The van der Waals surface area contributed by atoms with Crippen LogP contribution in [0.25, 0.3) is 0 Å². The average Bonchev–Trinajstić information content (AvgIpc) is 2.66. The van der Waals surface area contributed by atoms with Gasteiger partial charge in [-0.25, -0.2) is 0 Å². The maximum Gasteiger partial charge on any atom is 0.0438 e. The van der Waals surface area contributed by atoms with Gasteiger partial charge in [-0.2, -0.15) is 0 Å². The van der Waals surface area contributed by atoms with E-state index in [-0.39, 0.29) is 0 Å². The van der Waals surface area contributed by atoms with Crippen molar-refractivity contribution in [2.75, 3.05) is 6.54 Å². The van der Waals surface area contributed by atoms with Crippen molar-refractivity contribution < 1.29 is 0 Å². The predicted molar refractivity (Wildman–Crippen MR) is 69.6 cm³/mol. The van der Waals surface area contributed by atoms with Gasteiger partial charge in [0.2, 0.25) is 0 Å². The van der Waals surface area contributed by atoms with Crippen molar-refractivity contribution in [2.45, 2.75) is 46.6 Å². The van der Waals surface area contributed by atoms with Gasteiger partial charge < -0.3 is 5.32 Å². The van der Waals surface area contributed by atoms with Gasteiger partial charge in [0, 0.05) is 15.8 Å². The zero-order valence-electron chi connectivity index (χ0n) is 10.3. The molecular formula is C13H23NS. The van der Waals surface area contributed by atoms with Crippen LogP contribution < -0.4 is 5.32 Å². The number of hydrogen-bond donors (Lipinski definition) is 1. The first-order valence-electron chi connectivity index (χ1n) is 6.01. The largest absolute Gasteiger partial charge is 0.309 e. The Balaban J connectivity index is 2.70. The second kappa shape index (κ2) is 6.29. The van der Waals surface area contributed by atoms with E-state index in [1.807, 2.05) is 11.3 Å². The van der Waals surface area contributed by atoms with Gasteiger partial charge in [0.15, 0.2) is 0 Å². The maximum absolute atomic E-state index is 3.63. The van der Waals surface area contributed by atoms with Crippen molar-refractivity contribution in [1.29, 1.82) is 0 Å². The first kappa shape index (κ1) is 12.7. The van der Waals surface area contributed by atoms with Crippen LogP contribution in [0.15, 0.2) is 12.1 Å². The van der Waals surface area contributed by atoms with Gasteiger partial charge in [-0.3, -0.25) is 0 Å². The molecule has 0 aromatic carbocycles. The molecule has 1 heterocycles. The second-order valence-corrected chi connectivity index (χ2v) is 5.53. The SMILES string of the molecule is CCCNC(c1ccc(CC)s1)C(C)C. The lowest BCUT2D eigenvalue weighted by molar-refractivity contribution is 0.418. The molecule has 86 valence electrons. The van der Waals surface area contributed by atoms with Gasteiger partial charge in [-0.15, -0.1) is 11.3 Å². The van der Waals surface area contributed by atoms with Crippen LogP contribution in [0, 0.1) is 5.92 Å². The van der Waals surface area contributed by atoms with Gasteiger partial charge in [-0.1, -0.05) is 27.7 Å². The minimum atomic E-state index is 0.537. The van der Waals surface area contributed by atoms with Gasteiger partial charge in [-0.05, 0) is 37.4 Å². The molecule has 0 aliphatic carbocycles. The minimum absolute atomic E-state index is 0.537. The lowest BCUT2D eigenvalue weighted by Gasteiger charge is -2.20. The van der Waals surface area contributed by atoms with Crippen LogP contribution in [0.1, 0.15) is 49.9 Å². The molecule has 2 heteroatoms. The summed E-state index contributed by atoms with van der Waals surface area (Å²) in [4.78, 5) is 2.99. The normalized spacial score (nSPS) is 13.4. The Bertz CT molecular complexity index is 278. The van der Waals surface area contributed by atoms with Crippen LogP contribution in [0.5, 0.6) is 0 Å². The molecule has 1 aromatic heterocycles. The number of aryl methyl sites for hydroxylation is 1. The van der Waals surface area contributed by atoms with E-state index in [1.54, 1.807) is 0 Å². The smallest absolute Gasteiger partial charge is 0.0438 e. The zero-order chi connectivity index (χ0) is 11.3.